The molecule has 0 bridgehead atoms. The zero-order chi connectivity index (χ0) is 33.8. The molecule has 0 saturated carbocycles. The standard InChI is InChI=1S/C40H35N2O6/c1-25(2)39(43)46-20-21-47-40(44)32-13-9-8-12-31(32)38-33-19-18-30(42(45)29-16-14-26(3)15-17-29)23-37(33)48-36-22-27(4)35(24-34(36)38)41-28-10-6-5-7-11-28/h5-19,22-24,41,45H,1,20-21H2,2-4H3/q+1/b42-30-. The molecule has 0 aromatic heterocycles. The van der Waals surface area contributed by atoms with E-state index < -0.39 is 11.9 Å². The van der Waals surface area contributed by atoms with Crippen LogP contribution in [0.2, 0.25) is 0 Å². The van der Waals surface area contributed by atoms with Gasteiger partial charge < -0.3 is 19.2 Å². The molecule has 0 atom stereocenters. The smallest absolute Gasteiger partial charge is 0.338 e. The van der Waals surface area contributed by atoms with Gasteiger partial charge in [-0.15, -0.1) is 0 Å². The number of anilines is 2. The van der Waals surface area contributed by atoms with E-state index in [9.17, 15) is 14.8 Å². The second-order valence-corrected chi connectivity index (χ2v) is 11.6. The fourth-order valence-corrected chi connectivity index (χ4v) is 5.44. The lowest BCUT2D eigenvalue weighted by atomic mass is 9.90. The Kier molecular flexibility index (Phi) is 9.07. The number of para-hydroxylation sites is 1. The summed E-state index contributed by atoms with van der Waals surface area (Å²) in [6.45, 7) is 8.90. The monoisotopic (exact) mass is 639 g/mol. The van der Waals surface area contributed by atoms with Crippen LogP contribution in [0.25, 0.3) is 33.4 Å². The van der Waals surface area contributed by atoms with Gasteiger partial charge in [0.1, 0.15) is 24.6 Å². The zero-order valence-electron chi connectivity index (χ0n) is 26.9. The summed E-state index contributed by atoms with van der Waals surface area (Å²) in [6, 6.07) is 34.1. The molecule has 1 aliphatic heterocycles. The molecular weight excluding hydrogens is 604 g/mol. The lowest BCUT2D eigenvalue weighted by molar-refractivity contribution is -0.140. The molecule has 4 aromatic rings. The quantitative estimate of drug-likeness (QED) is 0.0312. The Morgan fingerprint density at radius 1 is 0.833 bits per heavy atom. The largest absolute Gasteiger partial charge is 0.459 e. The van der Waals surface area contributed by atoms with Gasteiger partial charge in [0.25, 0.3) is 11.0 Å². The van der Waals surface area contributed by atoms with Crippen molar-refractivity contribution in [2.75, 3.05) is 18.5 Å². The van der Waals surface area contributed by atoms with Crippen LogP contribution in [-0.4, -0.2) is 30.4 Å². The first-order chi connectivity index (χ1) is 23.2. The van der Waals surface area contributed by atoms with Crippen molar-refractivity contribution in [3.05, 3.63) is 143 Å². The number of aryl methyl sites for hydroxylation is 2. The Bertz CT molecular complexity index is 2200. The number of hydrogen-bond donors (Lipinski definition) is 2. The van der Waals surface area contributed by atoms with Crippen molar-refractivity contribution < 1.29 is 28.7 Å². The Morgan fingerprint density at radius 3 is 2.29 bits per heavy atom. The van der Waals surface area contributed by atoms with E-state index >= 15 is 0 Å². The highest BCUT2D eigenvalue weighted by Gasteiger charge is 2.24. The molecule has 1 heterocycles. The van der Waals surface area contributed by atoms with Gasteiger partial charge in [0.05, 0.1) is 11.6 Å². The summed E-state index contributed by atoms with van der Waals surface area (Å²) in [5.74, 6) is -0.596. The second-order valence-electron chi connectivity index (χ2n) is 11.6. The molecule has 0 saturated heterocycles. The highest BCUT2D eigenvalue weighted by Crippen LogP contribution is 2.43. The molecule has 0 unspecified atom stereocenters. The van der Waals surface area contributed by atoms with Gasteiger partial charge in [0.15, 0.2) is 0 Å². The summed E-state index contributed by atoms with van der Waals surface area (Å²) in [7, 11) is 0. The fraction of sp³-hybridized carbons (Fsp3) is 0.125. The molecule has 2 N–H and O–H groups in total. The molecular formula is C40H35N2O6+. The summed E-state index contributed by atoms with van der Waals surface area (Å²) < 4.78 is 18.3. The molecule has 8 nitrogen and oxygen atoms in total. The minimum absolute atomic E-state index is 0.0924. The van der Waals surface area contributed by atoms with Crippen molar-refractivity contribution in [1.29, 1.82) is 0 Å². The number of esters is 2. The number of nitrogens with one attached hydrogen (secondary N) is 1. The van der Waals surface area contributed by atoms with E-state index in [0.29, 0.717) is 33.5 Å². The molecule has 2 aliphatic rings. The maximum atomic E-state index is 13.5. The molecule has 8 heteroatoms. The molecule has 6 rings (SSSR count). The Labute approximate surface area is 278 Å². The van der Waals surface area contributed by atoms with Crippen LogP contribution in [0, 0.1) is 13.8 Å². The minimum atomic E-state index is -0.564. The topological polar surface area (TPSA) is 101 Å². The number of rotatable bonds is 9. The highest BCUT2D eigenvalue weighted by atomic mass is 16.6. The third kappa shape index (κ3) is 6.69. The predicted molar refractivity (Wildman–Crippen MR) is 187 cm³/mol. The molecule has 48 heavy (non-hydrogen) atoms. The van der Waals surface area contributed by atoms with Gasteiger partial charge in [-0.2, -0.15) is 0 Å². The molecule has 0 amide bonds. The van der Waals surface area contributed by atoms with Gasteiger partial charge in [-0.05, 0) is 68.3 Å². The fourth-order valence-electron chi connectivity index (χ4n) is 5.44. The lowest BCUT2D eigenvalue weighted by Gasteiger charge is -2.19. The predicted octanol–water partition coefficient (Wildman–Crippen LogP) is 8.33. The molecule has 0 radical (unpaired) electrons. The van der Waals surface area contributed by atoms with Crippen LogP contribution in [-0.2, 0) is 14.3 Å². The van der Waals surface area contributed by atoms with E-state index in [1.54, 1.807) is 31.2 Å². The number of ether oxygens (including phenoxy) is 2. The van der Waals surface area contributed by atoms with Crippen LogP contribution in [0.15, 0.2) is 126 Å². The Hall–Kier alpha value is -6.15. The number of fused-ring (bicyclic) bond motifs is 2. The maximum Gasteiger partial charge on any atom is 0.338 e. The Morgan fingerprint density at radius 2 is 1.54 bits per heavy atom. The van der Waals surface area contributed by atoms with E-state index in [0.717, 1.165) is 43.8 Å². The second kappa shape index (κ2) is 13.7. The van der Waals surface area contributed by atoms with Gasteiger partial charge >= 0.3 is 11.9 Å². The summed E-state index contributed by atoms with van der Waals surface area (Å²) in [5.41, 5.74) is 7.77. The molecule has 0 spiro atoms. The molecule has 1 aliphatic carbocycles. The minimum Gasteiger partial charge on any atom is -0.459 e. The van der Waals surface area contributed by atoms with Crippen molar-refractivity contribution in [2.24, 2.45) is 0 Å². The number of nitrogens with zero attached hydrogens (tertiary/aromatic N) is 1. The van der Waals surface area contributed by atoms with Crippen LogP contribution in [0.3, 0.4) is 0 Å². The average Bonchev–Trinajstić information content (AvgIpc) is 3.09. The summed E-state index contributed by atoms with van der Waals surface area (Å²) in [5, 5.41) is 15.9. The summed E-state index contributed by atoms with van der Waals surface area (Å²) in [6.07, 6.45) is 0. The van der Waals surface area contributed by atoms with Crippen molar-refractivity contribution in [2.45, 2.75) is 20.8 Å². The van der Waals surface area contributed by atoms with E-state index in [4.69, 9.17) is 13.9 Å². The average molecular weight is 640 g/mol. The summed E-state index contributed by atoms with van der Waals surface area (Å²) in [4.78, 5) is 25.3. The van der Waals surface area contributed by atoms with Gasteiger partial charge in [-0.25, -0.2) is 9.59 Å². The van der Waals surface area contributed by atoms with Gasteiger partial charge in [0, 0.05) is 56.4 Å². The van der Waals surface area contributed by atoms with Crippen LogP contribution in [0.5, 0.6) is 0 Å². The van der Waals surface area contributed by atoms with Crippen molar-refractivity contribution in [3.63, 3.8) is 0 Å². The van der Waals surface area contributed by atoms with E-state index in [1.807, 2.05) is 98.8 Å². The number of hydrogen-bond acceptors (Lipinski definition) is 7. The van der Waals surface area contributed by atoms with Gasteiger partial charge in [0.2, 0.25) is 0 Å². The molecule has 0 fully saturated rings. The third-order valence-electron chi connectivity index (χ3n) is 7.94. The molecule has 4 aromatic carbocycles. The normalized spacial score (nSPS) is 11.6. The van der Waals surface area contributed by atoms with Crippen molar-refractivity contribution >= 4 is 40.0 Å². The number of benzene rings is 5. The van der Waals surface area contributed by atoms with Crippen LogP contribution < -0.4 is 15.4 Å². The van der Waals surface area contributed by atoms with E-state index in [1.165, 1.54) is 0 Å². The third-order valence-corrected chi connectivity index (χ3v) is 7.94. The number of carbonyl (C=O) groups is 2. The molecule has 240 valence electrons. The van der Waals surface area contributed by atoms with Crippen LogP contribution >= 0.6 is 0 Å². The van der Waals surface area contributed by atoms with Crippen molar-refractivity contribution in [3.8, 4) is 22.5 Å². The van der Waals surface area contributed by atoms with Crippen LogP contribution in [0.1, 0.15) is 28.4 Å². The van der Waals surface area contributed by atoms with Crippen LogP contribution in [0.4, 0.5) is 17.1 Å². The van der Waals surface area contributed by atoms with Crippen molar-refractivity contribution in [1.82, 2.24) is 4.74 Å². The zero-order valence-corrected chi connectivity index (χ0v) is 26.9. The SMILES string of the molecule is C=C(C)C(=O)OCCOC(=O)c1ccccc1-c1c2cc/c(=[N+](/O)c3ccc(C)cc3)cc-2oc2cc(C)c(Nc3ccccc3)cc12. The van der Waals surface area contributed by atoms with Gasteiger partial charge in [-0.1, -0.05) is 60.7 Å². The Balaban J connectivity index is 1.51. The summed E-state index contributed by atoms with van der Waals surface area (Å²) >= 11 is 0. The lowest BCUT2D eigenvalue weighted by Crippen LogP contribution is -2.22. The first-order valence-electron chi connectivity index (χ1n) is 15.5. The number of carbonyl (C=O) groups excluding carboxylic acids is 2. The first kappa shape index (κ1) is 31.8. The maximum absolute atomic E-state index is 13.5. The van der Waals surface area contributed by atoms with Gasteiger partial charge in [-0.3, -0.25) is 5.21 Å². The van der Waals surface area contributed by atoms with E-state index in [2.05, 4.69) is 11.9 Å². The van der Waals surface area contributed by atoms with E-state index in [-0.39, 0.29) is 18.8 Å². The first-order valence-corrected chi connectivity index (χ1v) is 15.5. The highest BCUT2D eigenvalue weighted by molar-refractivity contribution is 6.08.